The normalized spacial score (nSPS) is 15.7. The molecule has 1 saturated heterocycles. The number of nitrogen functional groups attached to an aromatic ring is 1. The van der Waals surface area contributed by atoms with Crippen molar-refractivity contribution in [2.45, 2.75) is 17.7 Å². The number of sulfonamides is 1. The van der Waals surface area contributed by atoms with E-state index in [1.54, 1.807) is 4.90 Å². The van der Waals surface area contributed by atoms with E-state index in [1.165, 1.54) is 25.2 Å². The quantitative estimate of drug-likeness (QED) is 0.839. The third kappa shape index (κ3) is 3.48. The number of carbonyl (C=O) groups is 1. The molecule has 1 aromatic carbocycles. The van der Waals surface area contributed by atoms with Crippen molar-refractivity contribution >= 4 is 33.2 Å². The molecule has 2 N–H and O–H groups in total. The molecule has 116 valence electrons. The molecule has 1 aliphatic rings. The molecule has 0 aliphatic carbocycles. The van der Waals surface area contributed by atoms with E-state index in [0.29, 0.717) is 18.1 Å². The van der Waals surface area contributed by atoms with Crippen LogP contribution in [0, 0.1) is 0 Å². The summed E-state index contributed by atoms with van der Waals surface area (Å²) in [5.41, 5.74) is 5.78. The fourth-order valence-corrected chi connectivity index (χ4v) is 3.66. The lowest BCUT2D eigenvalue weighted by Crippen LogP contribution is -2.39. The molecular weight excluding hydrogens is 314 g/mol. The van der Waals surface area contributed by atoms with E-state index in [9.17, 15) is 13.2 Å². The molecule has 1 heterocycles. The average Bonchev–Trinajstić information content (AvgIpc) is 2.91. The molecule has 0 unspecified atom stereocenters. The van der Waals surface area contributed by atoms with E-state index in [1.807, 2.05) is 0 Å². The average molecular weight is 332 g/mol. The van der Waals surface area contributed by atoms with Crippen LogP contribution >= 0.6 is 11.6 Å². The van der Waals surface area contributed by atoms with Gasteiger partial charge in [-0.25, -0.2) is 8.42 Å². The van der Waals surface area contributed by atoms with Crippen LogP contribution in [-0.2, 0) is 14.8 Å². The van der Waals surface area contributed by atoms with Gasteiger partial charge in [0.15, 0.2) is 0 Å². The highest BCUT2D eigenvalue weighted by Crippen LogP contribution is 2.25. The number of rotatable bonds is 4. The lowest BCUT2D eigenvalue weighted by Gasteiger charge is -2.21. The van der Waals surface area contributed by atoms with Crippen molar-refractivity contribution < 1.29 is 13.2 Å². The predicted octanol–water partition coefficient (Wildman–Crippen LogP) is 1.17. The maximum atomic E-state index is 12.4. The Kier molecular flexibility index (Phi) is 4.75. The first-order valence-electron chi connectivity index (χ1n) is 6.61. The van der Waals surface area contributed by atoms with Crippen LogP contribution in [0.2, 0.25) is 5.02 Å². The number of nitrogens with two attached hydrogens (primary N) is 1. The molecule has 2 rings (SSSR count). The molecular formula is C13H18ClN3O3S. The van der Waals surface area contributed by atoms with Gasteiger partial charge in [-0.2, -0.15) is 4.31 Å². The number of likely N-dealkylation sites (N-methyl/N-ethyl adjacent to an activating group) is 1. The van der Waals surface area contributed by atoms with Crippen molar-refractivity contribution in [3.05, 3.63) is 23.2 Å². The van der Waals surface area contributed by atoms with Gasteiger partial charge in [0.1, 0.15) is 4.90 Å². The molecule has 8 heteroatoms. The van der Waals surface area contributed by atoms with Gasteiger partial charge in [-0.3, -0.25) is 4.79 Å². The summed E-state index contributed by atoms with van der Waals surface area (Å²) in [7, 11) is -2.44. The van der Waals surface area contributed by atoms with Crippen molar-refractivity contribution in [2.24, 2.45) is 0 Å². The van der Waals surface area contributed by atoms with Crippen molar-refractivity contribution in [3.8, 4) is 0 Å². The second-order valence-corrected chi connectivity index (χ2v) is 7.48. The van der Waals surface area contributed by atoms with Gasteiger partial charge in [0.05, 0.1) is 12.2 Å². The molecule has 1 fully saturated rings. The van der Waals surface area contributed by atoms with Gasteiger partial charge in [0.2, 0.25) is 15.9 Å². The first-order valence-corrected chi connectivity index (χ1v) is 8.43. The summed E-state index contributed by atoms with van der Waals surface area (Å²) in [5, 5.41) is 0.363. The largest absolute Gasteiger partial charge is 0.398 e. The Hall–Kier alpha value is -1.31. The van der Waals surface area contributed by atoms with Crippen molar-refractivity contribution in [1.82, 2.24) is 9.21 Å². The highest BCUT2D eigenvalue weighted by atomic mass is 35.5. The van der Waals surface area contributed by atoms with E-state index in [0.717, 1.165) is 17.1 Å². The summed E-state index contributed by atoms with van der Waals surface area (Å²) in [6, 6.07) is 4.19. The maximum absolute atomic E-state index is 12.4. The number of benzene rings is 1. The zero-order chi connectivity index (χ0) is 15.6. The Morgan fingerprint density at radius 3 is 2.57 bits per heavy atom. The minimum Gasteiger partial charge on any atom is -0.398 e. The van der Waals surface area contributed by atoms with Crippen LogP contribution in [0.3, 0.4) is 0 Å². The fraction of sp³-hybridized carbons (Fsp3) is 0.462. The second kappa shape index (κ2) is 6.21. The molecule has 1 aromatic rings. The summed E-state index contributed by atoms with van der Waals surface area (Å²) >= 11 is 5.77. The van der Waals surface area contributed by atoms with Crippen molar-refractivity contribution in [1.29, 1.82) is 0 Å². The van der Waals surface area contributed by atoms with Crippen LogP contribution in [0.25, 0.3) is 0 Å². The fourth-order valence-electron chi connectivity index (χ4n) is 2.26. The summed E-state index contributed by atoms with van der Waals surface area (Å²) in [6.45, 7) is 1.19. The topological polar surface area (TPSA) is 83.7 Å². The van der Waals surface area contributed by atoms with Gasteiger partial charge in [-0.1, -0.05) is 11.6 Å². The minimum absolute atomic E-state index is 0.0383. The molecule has 0 atom stereocenters. The highest BCUT2D eigenvalue weighted by molar-refractivity contribution is 7.89. The number of carbonyl (C=O) groups excluding carboxylic acids is 1. The van der Waals surface area contributed by atoms with Crippen LogP contribution < -0.4 is 5.73 Å². The molecule has 21 heavy (non-hydrogen) atoms. The molecule has 6 nitrogen and oxygen atoms in total. The second-order valence-electron chi connectivity index (χ2n) is 5.03. The number of hydrogen-bond acceptors (Lipinski definition) is 4. The van der Waals surface area contributed by atoms with E-state index < -0.39 is 10.0 Å². The zero-order valence-corrected chi connectivity index (χ0v) is 13.3. The summed E-state index contributed by atoms with van der Waals surface area (Å²) in [5.74, 6) is -0.189. The smallest absolute Gasteiger partial charge is 0.245 e. The van der Waals surface area contributed by atoms with E-state index in [-0.39, 0.29) is 23.0 Å². The first-order chi connectivity index (χ1) is 9.82. The van der Waals surface area contributed by atoms with Crippen LogP contribution in [0.1, 0.15) is 12.8 Å². The molecule has 0 aromatic heterocycles. The van der Waals surface area contributed by atoms with Gasteiger partial charge in [0, 0.05) is 25.2 Å². The molecule has 0 bridgehead atoms. The Morgan fingerprint density at radius 1 is 1.38 bits per heavy atom. The highest BCUT2D eigenvalue weighted by Gasteiger charge is 2.27. The lowest BCUT2D eigenvalue weighted by molar-refractivity contribution is -0.130. The Morgan fingerprint density at radius 2 is 2.00 bits per heavy atom. The van der Waals surface area contributed by atoms with Gasteiger partial charge in [0.25, 0.3) is 0 Å². The van der Waals surface area contributed by atoms with E-state index in [2.05, 4.69) is 0 Å². The maximum Gasteiger partial charge on any atom is 0.245 e. The Balaban J connectivity index is 2.16. The van der Waals surface area contributed by atoms with Crippen LogP contribution in [0.5, 0.6) is 0 Å². The molecule has 1 aliphatic heterocycles. The standard InChI is InChI=1S/C13H18ClN3O3S/c1-16(9-13(18)17-6-2-3-7-17)21(19,20)12-5-4-10(14)8-11(12)15/h4-5,8H,2-3,6-7,9,15H2,1H3. The van der Waals surface area contributed by atoms with Crippen molar-refractivity contribution in [3.63, 3.8) is 0 Å². The van der Waals surface area contributed by atoms with Gasteiger partial charge in [-0.15, -0.1) is 0 Å². The van der Waals surface area contributed by atoms with Gasteiger partial charge >= 0.3 is 0 Å². The third-order valence-electron chi connectivity index (χ3n) is 3.48. The Labute approximate surface area is 129 Å². The first kappa shape index (κ1) is 16.1. The number of likely N-dealkylation sites (tertiary alicyclic amines) is 1. The van der Waals surface area contributed by atoms with E-state index >= 15 is 0 Å². The van der Waals surface area contributed by atoms with Crippen LogP contribution in [0.15, 0.2) is 23.1 Å². The molecule has 0 saturated carbocycles. The van der Waals surface area contributed by atoms with E-state index in [4.69, 9.17) is 17.3 Å². The minimum atomic E-state index is -3.81. The van der Waals surface area contributed by atoms with Crippen LogP contribution in [0.4, 0.5) is 5.69 Å². The summed E-state index contributed by atoms with van der Waals surface area (Å²) in [6.07, 6.45) is 1.93. The molecule has 0 radical (unpaired) electrons. The summed E-state index contributed by atoms with van der Waals surface area (Å²) in [4.78, 5) is 13.7. The number of anilines is 1. The van der Waals surface area contributed by atoms with Crippen LogP contribution in [-0.4, -0.2) is 50.2 Å². The monoisotopic (exact) mass is 331 g/mol. The zero-order valence-electron chi connectivity index (χ0n) is 11.8. The lowest BCUT2D eigenvalue weighted by atomic mass is 10.3. The predicted molar refractivity (Wildman–Crippen MR) is 81.5 cm³/mol. The Bertz CT molecular complexity index is 642. The number of halogens is 1. The summed E-state index contributed by atoms with van der Waals surface area (Å²) < 4.78 is 25.9. The third-order valence-corrected chi connectivity index (χ3v) is 5.59. The number of nitrogens with zero attached hydrogens (tertiary/aromatic N) is 2. The van der Waals surface area contributed by atoms with Gasteiger partial charge < -0.3 is 10.6 Å². The molecule has 0 spiro atoms. The SMILES string of the molecule is CN(CC(=O)N1CCCC1)S(=O)(=O)c1ccc(Cl)cc1N. The number of amides is 1. The number of hydrogen-bond donors (Lipinski definition) is 1. The molecule has 1 amide bonds. The van der Waals surface area contributed by atoms with Crippen molar-refractivity contribution in [2.75, 3.05) is 32.4 Å². The van der Waals surface area contributed by atoms with Gasteiger partial charge in [-0.05, 0) is 31.0 Å².